The van der Waals surface area contributed by atoms with Crippen LogP contribution in [0.15, 0.2) is 17.2 Å². The van der Waals surface area contributed by atoms with E-state index in [1.807, 2.05) is 0 Å². The molecular weight excluding hydrogens is 161 g/mol. The number of hydrogen-bond donors (Lipinski definition) is 1. The second-order valence-electron chi connectivity index (χ2n) is 3.11. The lowest BCUT2D eigenvalue weighted by Gasteiger charge is -2.30. The third-order valence-electron chi connectivity index (χ3n) is 2.07. The van der Waals surface area contributed by atoms with Crippen molar-refractivity contribution in [3.05, 3.63) is 12.2 Å². The van der Waals surface area contributed by atoms with E-state index in [1.165, 1.54) is 0 Å². The highest BCUT2D eigenvalue weighted by Crippen LogP contribution is 2.01. The van der Waals surface area contributed by atoms with Crippen LogP contribution in [0.3, 0.4) is 0 Å². The predicted octanol–water partition coefficient (Wildman–Crippen LogP) is 0.340. The maximum atomic E-state index is 5.45. The molecule has 1 aliphatic heterocycles. The molecule has 70 valence electrons. The highest BCUT2D eigenvalue weighted by Gasteiger charge is 2.12. The van der Waals surface area contributed by atoms with Gasteiger partial charge in [-0.1, -0.05) is 13.5 Å². The summed E-state index contributed by atoms with van der Waals surface area (Å²) in [6.07, 6.45) is 0.913. The second kappa shape index (κ2) is 5.07. The van der Waals surface area contributed by atoms with Gasteiger partial charge in [0.1, 0.15) is 13.7 Å². The van der Waals surface area contributed by atoms with Crippen LogP contribution in [-0.4, -0.2) is 44.8 Å². The van der Waals surface area contributed by atoms with Crippen LogP contribution in [0.25, 0.3) is 0 Å². The van der Waals surface area contributed by atoms with E-state index in [0.29, 0.717) is 5.60 Å². The van der Waals surface area contributed by atoms with Crippen molar-refractivity contribution >= 4 is 13.7 Å². The molecule has 0 unspecified atom stereocenters. The molecule has 1 aliphatic rings. The molecular formula is C9H16BN3. The van der Waals surface area contributed by atoms with Gasteiger partial charge >= 0.3 is 0 Å². The van der Waals surface area contributed by atoms with Crippen molar-refractivity contribution in [1.82, 2.24) is 10.2 Å². The molecule has 2 radical (unpaired) electrons. The van der Waals surface area contributed by atoms with Gasteiger partial charge in [-0.15, -0.1) is 0 Å². The van der Waals surface area contributed by atoms with E-state index < -0.39 is 0 Å². The van der Waals surface area contributed by atoms with Gasteiger partial charge in [0.25, 0.3) is 0 Å². The van der Waals surface area contributed by atoms with E-state index >= 15 is 0 Å². The first-order valence-electron chi connectivity index (χ1n) is 4.71. The zero-order valence-corrected chi connectivity index (χ0v) is 8.21. The summed E-state index contributed by atoms with van der Waals surface area (Å²) in [5, 5.41) is 3.30. The summed E-state index contributed by atoms with van der Waals surface area (Å²) in [5.41, 5.74) is 0.399. The maximum absolute atomic E-state index is 5.45. The SMILES string of the molecule is [B]C(=C)/N=C(\CC)N1CCNCC1. The fourth-order valence-corrected chi connectivity index (χ4v) is 1.46. The molecule has 1 heterocycles. The van der Waals surface area contributed by atoms with E-state index in [0.717, 1.165) is 38.4 Å². The van der Waals surface area contributed by atoms with Crippen LogP contribution in [0.2, 0.25) is 0 Å². The molecule has 3 nitrogen and oxygen atoms in total. The largest absolute Gasteiger partial charge is 0.358 e. The third-order valence-corrected chi connectivity index (χ3v) is 2.07. The van der Waals surface area contributed by atoms with Crippen molar-refractivity contribution in [2.24, 2.45) is 4.99 Å². The van der Waals surface area contributed by atoms with E-state index in [-0.39, 0.29) is 0 Å². The summed E-state index contributed by atoms with van der Waals surface area (Å²) in [6.45, 7) is 9.75. The van der Waals surface area contributed by atoms with Crippen LogP contribution in [0, 0.1) is 0 Å². The highest BCUT2D eigenvalue weighted by molar-refractivity contribution is 6.21. The molecule has 1 N–H and O–H groups in total. The monoisotopic (exact) mass is 177 g/mol. The lowest BCUT2D eigenvalue weighted by molar-refractivity contribution is 0.352. The molecule has 0 aromatic carbocycles. The van der Waals surface area contributed by atoms with Crippen LogP contribution in [0.1, 0.15) is 13.3 Å². The van der Waals surface area contributed by atoms with Gasteiger partial charge in [0.05, 0.1) is 0 Å². The van der Waals surface area contributed by atoms with Crippen molar-refractivity contribution in [2.75, 3.05) is 26.2 Å². The van der Waals surface area contributed by atoms with Gasteiger partial charge in [-0.25, -0.2) is 0 Å². The van der Waals surface area contributed by atoms with Gasteiger partial charge in [-0.3, -0.25) is 4.99 Å². The van der Waals surface area contributed by atoms with Gasteiger partial charge < -0.3 is 10.2 Å². The molecule has 1 fully saturated rings. The Morgan fingerprint density at radius 3 is 2.62 bits per heavy atom. The van der Waals surface area contributed by atoms with Crippen molar-refractivity contribution in [1.29, 1.82) is 0 Å². The quantitative estimate of drug-likeness (QED) is 0.374. The first-order valence-corrected chi connectivity index (χ1v) is 4.71. The molecule has 0 saturated carbocycles. The molecule has 0 aromatic heterocycles. The number of nitrogens with one attached hydrogen (secondary N) is 1. The molecule has 0 spiro atoms. The minimum Gasteiger partial charge on any atom is -0.358 e. The molecule has 0 aromatic rings. The highest BCUT2D eigenvalue weighted by atomic mass is 15.2. The Labute approximate surface area is 81.3 Å². The molecule has 0 bridgehead atoms. The van der Waals surface area contributed by atoms with Crippen molar-refractivity contribution in [3.8, 4) is 0 Å². The number of hydrogen-bond acceptors (Lipinski definition) is 2. The zero-order valence-electron chi connectivity index (χ0n) is 8.21. The minimum absolute atomic E-state index is 0.399. The van der Waals surface area contributed by atoms with Crippen LogP contribution in [0.5, 0.6) is 0 Å². The molecule has 1 saturated heterocycles. The molecule has 0 aliphatic carbocycles. The minimum atomic E-state index is 0.399. The van der Waals surface area contributed by atoms with Crippen LogP contribution in [-0.2, 0) is 0 Å². The molecule has 0 amide bonds. The average Bonchev–Trinajstić information content (AvgIpc) is 2.15. The summed E-state index contributed by atoms with van der Waals surface area (Å²) < 4.78 is 0. The fourth-order valence-electron chi connectivity index (χ4n) is 1.46. The standard InChI is InChI=1S/C9H16BN3/c1-3-9(12-8(2)10)13-6-4-11-5-7-13/h11H,2-7H2,1H3/b12-9+. The van der Waals surface area contributed by atoms with E-state index in [2.05, 4.69) is 28.7 Å². The third kappa shape index (κ3) is 3.23. The van der Waals surface area contributed by atoms with Crippen LogP contribution < -0.4 is 5.32 Å². The first-order chi connectivity index (χ1) is 6.24. The number of nitrogens with zero attached hydrogens (tertiary/aromatic N) is 2. The zero-order chi connectivity index (χ0) is 9.68. The van der Waals surface area contributed by atoms with Crippen molar-refractivity contribution in [2.45, 2.75) is 13.3 Å². The van der Waals surface area contributed by atoms with Gasteiger partial charge in [0.15, 0.2) is 0 Å². The fraction of sp³-hybridized carbons (Fsp3) is 0.667. The Balaban J connectivity index is 2.58. The van der Waals surface area contributed by atoms with Gasteiger partial charge in [0, 0.05) is 32.6 Å². The topological polar surface area (TPSA) is 27.6 Å². The summed E-state index contributed by atoms with van der Waals surface area (Å²) in [6, 6.07) is 0. The molecule has 13 heavy (non-hydrogen) atoms. The lowest BCUT2D eigenvalue weighted by atomic mass is 10.1. The molecule has 1 rings (SSSR count). The number of aliphatic imine (C=N–C) groups is 1. The van der Waals surface area contributed by atoms with E-state index in [9.17, 15) is 0 Å². The summed E-state index contributed by atoms with van der Waals surface area (Å²) in [4.78, 5) is 6.48. The Bertz CT molecular complexity index is 207. The van der Waals surface area contributed by atoms with Gasteiger partial charge in [0.2, 0.25) is 0 Å². The van der Waals surface area contributed by atoms with E-state index in [1.54, 1.807) is 0 Å². The van der Waals surface area contributed by atoms with Crippen LogP contribution in [0.4, 0.5) is 0 Å². The molecule has 0 atom stereocenters. The van der Waals surface area contributed by atoms with Crippen LogP contribution >= 0.6 is 0 Å². The second-order valence-corrected chi connectivity index (χ2v) is 3.11. The maximum Gasteiger partial charge on any atom is 0.140 e. The lowest BCUT2D eigenvalue weighted by Crippen LogP contribution is -2.46. The summed E-state index contributed by atoms with van der Waals surface area (Å²) in [5.74, 6) is 1.05. The van der Waals surface area contributed by atoms with E-state index in [4.69, 9.17) is 7.85 Å². The number of rotatable bonds is 2. The number of piperazine rings is 1. The van der Waals surface area contributed by atoms with Gasteiger partial charge in [-0.05, 0) is 5.60 Å². The smallest absolute Gasteiger partial charge is 0.140 e. The Morgan fingerprint density at radius 2 is 2.15 bits per heavy atom. The first kappa shape index (κ1) is 10.3. The average molecular weight is 177 g/mol. The predicted molar refractivity (Wildman–Crippen MR) is 57.1 cm³/mol. The number of amidine groups is 1. The summed E-state index contributed by atoms with van der Waals surface area (Å²) >= 11 is 0. The normalized spacial score (nSPS) is 18.8. The van der Waals surface area contributed by atoms with Crippen molar-refractivity contribution < 1.29 is 0 Å². The Kier molecular flexibility index (Phi) is 4.02. The molecule has 4 heteroatoms. The summed E-state index contributed by atoms with van der Waals surface area (Å²) in [7, 11) is 5.45. The van der Waals surface area contributed by atoms with Crippen molar-refractivity contribution in [3.63, 3.8) is 0 Å². The Hall–Kier alpha value is -0.765. The Morgan fingerprint density at radius 1 is 1.54 bits per heavy atom. The van der Waals surface area contributed by atoms with Gasteiger partial charge in [-0.2, -0.15) is 0 Å².